The Morgan fingerprint density at radius 1 is 1.54 bits per heavy atom. The van der Waals surface area contributed by atoms with Crippen LogP contribution in [0.25, 0.3) is 11.8 Å². The predicted molar refractivity (Wildman–Crippen MR) is 48.4 cm³/mol. The van der Waals surface area contributed by atoms with Crippen LogP contribution in [-0.2, 0) is 0 Å². The van der Waals surface area contributed by atoms with Gasteiger partial charge in [0.15, 0.2) is 0 Å². The van der Waals surface area contributed by atoms with Gasteiger partial charge in [0.2, 0.25) is 0 Å². The number of nitrogens with two attached hydrogens (primary N) is 1. The number of hydrogen-bond donors (Lipinski definition) is 2. The first-order valence-electron chi connectivity index (χ1n) is 4.00. The summed E-state index contributed by atoms with van der Waals surface area (Å²) < 4.78 is 4.88. The summed E-state index contributed by atoms with van der Waals surface area (Å²) in [6.45, 7) is 0. The maximum absolute atomic E-state index is 10.9. The van der Waals surface area contributed by atoms with Crippen molar-refractivity contribution in [1.29, 1.82) is 0 Å². The van der Waals surface area contributed by atoms with Crippen molar-refractivity contribution in [2.45, 2.75) is 12.8 Å². The van der Waals surface area contributed by atoms with Crippen molar-refractivity contribution in [3.05, 3.63) is 27.1 Å². The van der Waals surface area contributed by atoms with E-state index in [0.29, 0.717) is 23.5 Å². The Labute approximate surface area is 73.6 Å². The van der Waals surface area contributed by atoms with Gasteiger partial charge in [-0.25, -0.2) is 4.79 Å². The molecule has 13 heavy (non-hydrogen) atoms. The molecular formula is C9H9NO3. The van der Waals surface area contributed by atoms with Crippen LogP contribution < -0.4 is 22.0 Å². The summed E-state index contributed by atoms with van der Waals surface area (Å²) in [6, 6.07) is 1.17. The Bertz CT molecular complexity index is 513. The van der Waals surface area contributed by atoms with E-state index in [1.165, 1.54) is 6.07 Å². The zero-order valence-electron chi connectivity index (χ0n) is 6.91. The van der Waals surface area contributed by atoms with Crippen LogP contribution >= 0.6 is 0 Å². The Kier molecular flexibility index (Phi) is 1.62. The summed E-state index contributed by atoms with van der Waals surface area (Å²) >= 11 is 0. The van der Waals surface area contributed by atoms with Crippen molar-refractivity contribution in [2.24, 2.45) is 0 Å². The van der Waals surface area contributed by atoms with E-state index >= 15 is 0 Å². The van der Waals surface area contributed by atoms with Gasteiger partial charge in [-0.1, -0.05) is 0 Å². The molecule has 1 aromatic heterocycles. The second-order valence-corrected chi connectivity index (χ2v) is 2.95. The standard InChI is InChI=1S/C9H9NO3/c10-5-4-8(12)13-7-3-1-2-6(11)9(5)7/h3-4,11H,1-2,10H2. The number of aliphatic hydroxyl groups is 1. The molecule has 0 saturated heterocycles. The van der Waals surface area contributed by atoms with Gasteiger partial charge in [-0.3, -0.25) is 0 Å². The SMILES string of the molecule is Nc1cc(=O)oc2c1=C(O)CCC=2. The van der Waals surface area contributed by atoms with Crippen molar-refractivity contribution in [3.8, 4) is 0 Å². The molecule has 4 nitrogen and oxygen atoms in total. The molecule has 1 aromatic rings. The van der Waals surface area contributed by atoms with E-state index in [-0.39, 0.29) is 11.4 Å². The molecule has 0 fully saturated rings. The van der Waals surface area contributed by atoms with Crippen LogP contribution in [0.3, 0.4) is 0 Å². The van der Waals surface area contributed by atoms with Gasteiger partial charge in [-0.05, 0) is 12.5 Å². The van der Waals surface area contributed by atoms with E-state index in [2.05, 4.69) is 0 Å². The highest BCUT2D eigenvalue weighted by Crippen LogP contribution is 2.04. The zero-order chi connectivity index (χ0) is 9.42. The van der Waals surface area contributed by atoms with Crippen molar-refractivity contribution in [1.82, 2.24) is 0 Å². The largest absolute Gasteiger partial charge is 0.511 e. The highest BCUT2D eigenvalue weighted by molar-refractivity contribution is 5.52. The second kappa shape index (κ2) is 2.65. The number of nitrogen functional groups attached to an aromatic ring is 1. The molecule has 4 heteroatoms. The first kappa shape index (κ1) is 7.91. The minimum Gasteiger partial charge on any atom is -0.511 e. The lowest BCUT2D eigenvalue weighted by molar-refractivity contribution is 0.445. The summed E-state index contributed by atoms with van der Waals surface area (Å²) in [6.07, 6.45) is 2.98. The fourth-order valence-electron chi connectivity index (χ4n) is 1.45. The maximum Gasteiger partial charge on any atom is 0.338 e. The summed E-state index contributed by atoms with van der Waals surface area (Å²) in [5.74, 6) is 0.193. The zero-order valence-corrected chi connectivity index (χ0v) is 6.91. The minimum absolute atomic E-state index is 0.193. The average molecular weight is 179 g/mol. The summed E-state index contributed by atoms with van der Waals surface area (Å²) in [4.78, 5) is 10.9. The number of hydrogen-bond acceptors (Lipinski definition) is 4. The lowest BCUT2D eigenvalue weighted by Gasteiger charge is -2.04. The number of rotatable bonds is 0. The molecule has 0 amide bonds. The molecule has 0 atom stereocenters. The molecule has 0 aliphatic heterocycles. The van der Waals surface area contributed by atoms with E-state index in [4.69, 9.17) is 10.2 Å². The van der Waals surface area contributed by atoms with E-state index < -0.39 is 5.63 Å². The van der Waals surface area contributed by atoms with Crippen molar-refractivity contribution < 1.29 is 9.52 Å². The maximum atomic E-state index is 10.9. The molecule has 0 radical (unpaired) electrons. The molecule has 0 spiro atoms. The number of anilines is 1. The second-order valence-electron chi connectivity index (χ2n) is 2.95. The fourth-order valence-corrected chi connectivity index (χ4v) is 1.45. The van der Waals surface area contributed by atoms with Crippen molar-refractivity contribution >= 4 is 17.5 Å². The van der Waals surface area contributed by atoms with Crippen LogP contribution in [0.15, 0.2) is 15.3 Å². The number of fused-ring (bicyclic) bond motifs is 1. The smallest absolute Gasteiger partial charge is 0.338 e. The lowest BCUT2D eigenvalue weighted by Crippen LogP contribution is -2.35. The topological polar surface area (TPSA) is 76.5 Å². The van der Waals surface area contributed by atoms with Gasteiger partial charge >= 0.3 is 5.63 Å². The molecule has 0 unspecified atom stereocenters. The minimum atomic E-state index is -0.484. The molecule has 0 saturated carbocycles. The summed E-state index contributed by atoms with van der Waals surface area (Å²) in [7, 11) is 0. The van der Waals surface area contributed by atoms with E-state index in [1.807, 2.05) is 0 Å². The third kappa shape index (κ3) is 1.20. The van der Waals surface area contributed by atoms with Crippen LogP contribution in [0, 0.1) is 0 Å². The molecule has 1 aliphatic carbocycles. The van der Waals surface area contributed by atoms with Crippen LogP contribution in [0.5, 0.6) is 0 Å². The Hall–Kier alpha value is -1.71. The summed E-state index contributed by atoms with van der Waals surface area (Å²) in [5.41, 5.74) is 5.75. The monoisotopic (exact) mass is 179 g/mol. The first-order chi connectivity index (χ1) is 6.18. The molecule has 1 heterocycles. The van der Waals surface area contributed by atoms with Gasteiger partial charge in [0, 0.05) is 12.5 Å². The molecule has 3 N–H and O–H groups in total. The van der Waals surface area contributed by atoms with Gasteiger partial charge in [-0.15, -0.1) is 0 Å². The fraction of sp³-hybridized carbons (Fsp3) is 0.222. The van der Waals surface area contributed by atoms with E-state index in [1.54, 1.807) is 6.08 Å². The van der Waals surface area contributed by atoms with Gasteiger partial charge in [-0.2, -0.15) is 0 Å². The highest BCUT2D eigenvalue weighted by atomic mass is 16.4. The normalized spacial score (nSPS) is 14.9. The number of aliphatic hydroxyl groups excluding tert-OH is 1. The van der Waals surface area contributed by atoms with E-state index in [0.717, 1.165) is 0 Å². The molecular weight excluding hydrogens is 170 g/mol. The quantitative estimate of drug-likeness (QED) is 0.561. The highest BCUT2D eigenvalue weighted by Gasteiger charge is 2.07. The first-order valence-corrected chi connectivity index (χ1v) is 4.00. The van der Waals surface area contributed by atoms with Crippen LogP contribution in [-0.4, -0.2) is 5.11 Å². The lowest BCUT2D eigenvalue weighted by atomic mass is 10.1. The third-order valence-electron chi connectivity index (χ3n) is 2.02. The van der Waals surface area contributed by atoms with E-state index in [9.17, 15) is 9.90 Å². The Morgan fingerprint density at radius 3 is 3.08 bits per heavy atom. The molecule has 68 valence electrons. The molecule has 1 aliphatic rings. The van der Waals surface area contributed by atoms with Crippen LogP contribution in [0.2, 0.25) is 0 Å². The van der Waals surface area contributed by atoms with Gasteiger partial charge < -0.3 is 15.3 Å². The van der Waals surface area contributed by atoms with Crippen LogP contribution in [0.1, 0.15) is 12.8 Å². The van der Waals surface area contributed by atoms with Gasteiger partial charge in [0.25, 0.3) is 0 Å². The Morgan fingerprint density at radius 2 is 2.31 bits per heavy atom. The Balaban J connectivity index is 3.02. The molecule has 2 rings (SSSR count). The van der Waals surface area contributed by atoms with Gasteiger partial charge in [0.05, 0.1) is 10.9 Å². The predicted octanol–water partition coefficient (Wildman–Crippen LogP) is -0.538. The van der Waals surface area contributed by atoms with Crippen molar-refractivity contribution in [2.75, 3.05) is 5.73 Å². The van der Waals surface area contributed by atoms with Crippen LogP contribution in [0.4, 0.5) is 5.69 Å². The third-order valence-corrected chi connectivity index (χ3v) is 2.02. The average Bonchev–Trinajstić information content (AvgIpc) is 2.02. The van der Waals surface area contributed by atoms with Gasteiger partial charge in [0.1, 0.15) is 11.2 Å². The molecule has 0 bridgehead atoms. The van der Waals surface area contributed by atoms with Crippen molar-refractivity contribution in [3.63, 3.8) is 0 Å². The summed E-state index contributed by atoms with van der Waals surface area (Å²) in [5, 5.41) is 9.95. The molecule has 0 aromatic carbocycles.